The van der Waals surface area contributed by atoms with Crippen molar-refractivity contribution in [2.24, 2.45) is 0 Å². The molecule has 0 saturated heterocycles. The Hall–Kier alpha value is -1.35. The van der Waals surface area contributed by atoms with E-state index >= 15 is 0 Å². The SMILES string of the molecule is CCS(=O)(=O)NCc1cccc(C#CCCO)c1. The maximum atomic E-state index is 11.3. The Labute approximate surface area is 108 Å². The summed E-state index contributed by atoms with van der Waals surface area (Å²) in [6.45, 7) is 1.91. The van der Waals surface area contributed by atoms with Crippen molar-refractivity contribution < 1.29 is 13.5 Å². The van der Waals surface area contributed by atoms with Crippen LogP contribution in [0.4, 0.5) is 0 Å². The number of sulfonamides is 1. The molecule has 4 nitrogen and oxygen atoms in total. The number of aliphatic hydroxyl groups is 1. The molecule has 0 aliphatic rings. The van der Waals surface area contributed by atoms with Gasteiger partial charge in [-0.2, -0.15) is 0 Å². The summed E-state index contributed by atoms with van der Waals surface area (Å²) in [6, 6.07) is 7.36. The zero-order valence-corrected chi connectivity index (χ0v) is 11.1. The summed E-state index contributed by atoms with van der Waals surface area (Å²) >= 11 is 0. The molecule has 0 bridgehead atoms. The van der Waals surface area contributed by atoms with E-state index in [9.17, 15) is 8.42 Å². The van der Waals surface area contributed by atoms with Gasteiger partial charge in [-0.05, 0) is 24.6 Å². The molecule has 0 amide bonds. The zero-order chi connectivity index (χ0) is 13.4. The van der Waals surface area contributed by atoms with Crippen LogP contribution in [0.25, 0.3) is 0 Å². The number of nitrogens with one attached hydrogen (secondary N) is 1. The second-order valence-corrected chi connectivity index (χ2v) is 5.80. The zero-order valence-electron chi connectivity index (χ0n) is 10.3. The number of hydrogen-bond donors (Lipinski definition) is 2. The van der Waals surface area contributed by atoms with Gasteiger partial charge in [0.1, 0.15) is 0 Å². The first-order valence-corrected chi connectivity index (χ1v) is 7.38. The summed E-state index contributed by atoms with van der Waals surface area (Å²) in [5.41, 5.74) is 1.68. The van der Waals surface area contributed by atoms with Crippen LogP contribution < -0.4 is 4.72 Å². The molecule has 5 heteroatoms. The van der Waals surface area contributed by atoms with E-state index < -0.39 is 10.0 Å². The Morgan fingerprint density at radius 2 is 2.17 bits per heavy atom. The standard InChI is InChI=1S/C13H17NO3S/c1-2-18(16,17)14-11-13-8-5-7-12(10-13)6-3-4-9-15/h5,7-8,10,14-15H,2,4,9,11H2,1H3. The maximum Gasteiger partial charge on any atom is 0.211 e. The van der Waals surface area contributed by atoms with Crippen LogP contribution in [0.1, 0.15) is 24.5 Å². The second-order valence-electron chi connectivity index (χ2n) is 3.70. The van der Waals surface area contributed by atoms with E-state index in [2.05, 4.69) is 16.6 Å². The fraction of sp³-hybridized carbons (Fsp3) is 0.385. The molecular formula is C13H17NO3S. The van der Waals surface area contributed by atoms with Gasteiger partial charge >= 0.3 is 0 Å². The topological polar surface area (TPSA) is 66.4 Å². The van der Waals surface area contributed by atoms with Crippen molar-refractivity contribution in [1.82, 2.24) is 4.72 Å². The van der Waals surface area contributed by atoms with E-state index in [1.54, 1.807) is 6.92 Å². The molecule has 2 N–H and O–H groups in total. The number of benzene rings is 1. The van der Waals surface area contributed by atoms with Crippen LogP contribution in [0.3, 0.4) is 0 Å². The average Bonchev–Trinajstić information content (AvgIpc) is 2.38. The van der Waals surface area contributed by atoms with Crippen LogP contribution in [-0.2, 0) is 16.6 Å². The van der Waals surface area contributed by atoms with Gasteiger partial charge in [0.15, 0.2) is 0 Å². The third-order valence-corrected chi connectivity index (χ3v) is 3.62. The normalized spacial score (nSPS) is 10.8. The summed E-state index contributed by atoms with van der Waals surface area (Å²) < 4.78 is 25.1. The highest BCUT2D eigenvalue weighted by Gasteiger charge is 2.05. The number of rotatable bonds is 5. The molecule has 1 rings (SSSR count). The lowest BCUT2D eigenvalue weighted by atomic mass is 10.1. The third kappa shape index (κ3) is 5.32. The Morgan fingerprint density at radius 3 is 2.83 bits per heavy atom. The highest BCUT2D eigenvalue weighted by atomic mass is 32.2. The molecule has 0 unspecified atom stereocenters. The van der Waals surface area contributed by atoms with E-state index in [1.165, 1.54) is 0 Å². The lowest BCUT2D eigenvalue weighted by Gasteiger charge is -2.04. The van der Waals surface area contributed by atoms with Crippen LogP contribution in [-0.4, -0.2) is 25.9 Å². The number of hydrogen-bond acceptors (Lipinski definition) is 3. The van der Waals surface area contributed by atoms with Gasteiger partial charge in [-0.25, -0.2) is 13.1 Å². The van der Waals surface area contributed by atoms with Crippen molar-refractivity contribution >= 4 is 10.0 Å². The number of aliphatic hydroxyl groups excluding tert-OH is 1. The van der Waals surface area contributed by atoms with Crippen molar-refractivity contribution in [3.05, 3.63) is 35.4 Å². The predicted molar refractivity (Wildman–Crippen MR) is 71.3 cm³/mol. The molecule has 0 aliphatic carbocycles. The third-order valence-electron chi connectivity index (χ3n) is 2.27. The first-order valence-electron chi connectivity index (χ1n) is 5.73. The first kappa shape index (κ1) is 14.7. The molecule has 1 aromatic carbocycles. The summed E-state index contributed by atoms with van der Waals surface area (Å²) in [4.78, 5) is 0. The molecule has 0 saturated carbocycles. The minimum absolute atomic E-state index is 0.0446. The van der Waals surface area contributed by atoms with Gasteiger partial charge in [0.05, 0.1) is 12.4 Å². The minimum Gasteiger partial charge on any atom is -0.395 e. The molecule has 0 atom stereocenters. The minimum atomic E-state index is -3.17. The summed E-state index contributed by atoms with van der Waals surface area (Å²) in [6.07, 6.45) is 0.437. The van der Waals surface area contributed by atoms with Gasteiger partial charge in [-0.3, -0.25) is 0 Å². The molecule has 0 aromatic heterocycles. The summed E-state index contributed by atoms with van der Waals surface area (Å²) in [5.74, 6) is 5.81. The lowest BCUT2D eigenvalue weighted by Crippen LogP contribution is -2.24. The van der Waals surface area contributed by atoms with Gasteiger partial charge in [-0.1, -0.05) is 24.0 Å². The van der Waals surface area contributed by atoms with Crippen molar-refractivity contribution in [3.8, 4) is 11.8 Å². The molecule has 18 heavy (non-hydrogen) atoms. The molecule has 0 aliphatic heterocycles. The van der Waals surface area contributed by atoms with Crippen LogP contribution in [0.2, 0.25) is 0 Å². The van der Waals surface area contributed by atoms with Crippen LogP contribution in [0.15, 0.2) is 24.3 Å². The van der Waals surface area contributed by atoms with Crippen molar-refractivity contribution in [3.63, 3.8) is 0 Å². The van der Waals surface area contributed by atoms with Gasteiger partial charge in [0, 0.05) is 18.5 Å². The Bertz CT molecular complexity index is 541. The Morgan fingerprint density at radius 1 is 1.39 bits per heavy atom. The summed E-state index contributed by atoms with van der Waals surface area (Å²) in [5, 5.41) is 8.62. The van der Waals surface area contributed by atoms with Crippen molar-refractivity contribution in [1.29, 1.82) is 0 Å². The molecule has 0 radical (unpaired) electrons. The molecule has 0 heterocycles. The van der Waals surface area contributed by atoms with Gasteiger partial charge < -0.3 is 5.11 Å². The predicted octanol–water partition coefficient (Wildman–Crippen LogP) is 0.860. The van der Waals surface area contributed by atoms with Crippen LogP contribution in [0, 0.1) is 11.8 Å². The van der Waals surface area contributed by atoms with E-state index in [1.807, 2.05) is 24.3 Å². The molecule has 0 spiro atoms. The highest BCUT2D eigenvalue weighted by molar-refractivity contribution is 7.89. The van der Waals surface area contributed by atoms with Gasteiger partial charge in [0.2, 0.25) is 10.0 Å². The largest absolute Gasteiger partial charge is 0.395 e. The van der Waals surface area contributed by atoms with E-state index in [-0.39, 0.29) is 18.9 Å². The van der Waals surface area contributed by atoms with Crippen LogP contribution >= 0.6 is 0 Å². The fourth-order valence-electron chi connectivity index (χ4n) is 1.27. The Balaban J connectivity index is 2.69. The maximum absolute atomic E-state index is 11.3. The van der Waals surface area contributed by atoms with Gasteiger partial charge in [0.25, 0.3) is 0 Å². The lowest BCUT2D eigenvalue weighted by molar-refractivity contribution is 0.305. The monoisotopic (exact) mass is 267 g/mol. The first-order chi connectivity index (χ1) is 8.57. The van der Waals surface area contributed by atoms with Crippen molar-refractivity contribution in [2.75, 3.05) is 12.4 Å². The van der Waals surface area contributed by atoms with E-state index in [0.29, 0.717) is 6.42 Å². The molecular weight excluding hydrogens is 250 g/mol. The van der Waals surface area contributed by atoms with E-state index in [4.69, 9.17) is 5.11 Å². The fourth-order valence-corrected chi connectivity index (χ4v) is 1.87. The quantitative estimate of drug-likeness (QED) is 0.778. The van der Waals surface area contributed by atoms with Crippen LogP contribution in [0.5, 0.6) is 0 Å². The average molecular weight is 267 g/mol. The smallest absolute Gasteiger partial charge is 0.211 e. The van der Waals surface area contributed by atoms with Gasteiger partial charge in [-0.15, -0.1) is 0 Å². The molecule has 98 valence electrons. The van der Waals surface area contributed by atoms with Crippen molar-refractivity contribution in [2.45, 2.75) is 19.9 Å². The molecule has 0 fully saturated rings. The highest BCUT2D eigenvalue weighted by Crippen LogP contribution is 2.04. The van der Waals surface area contributed by atoms with E-state index in [0.717, 1.165) is 11.1 Å². The Kier molecular flexibility index (Phi) is 5.86. The summed E-state index contributed by atoms with van der Waals surface area (Å²) in [7, 11) is -3.17. The molecule has 1 aromatic rings. The second kappa shape index (κ2) is 7.17.